The summed E-state index contributed by atoms with van der Waals surface area (Å²) >= 11 is 0. The molecule has 0 atom stereocenters. The highest BCUT2D eigenvalue weighted by molar-refractivity contribution is 6.18. The van der Waals surface area contributed by atoms with Gasteiger partial charge in [-0.25, -0.2) is 4.79 Å². The van der Waals surface area contributed by atoms with E-state index in [4.69, 9.17) is 15.2 Å². The van der Waals surface area contributed by atoms with Crippen LogP contribution in [0.2, 0.25) is 0 Å². The van der Waals surface area contributed by atoms with Crippen LogP contribution in [0.3, 0.4) is 0 Å². The molecule has 0 bridgehead atoms. The summed E-state index contributed by atoms with van der Waals surface area (Å²) in [5, 5.41) is 9.40. The van der Waals surface area contributed by atoms with Crippen molar-refractivity contribution in [3.8, 4) is 0 Å². The lowest BCUT2D eigenvalue weighted by atomic mass is 10.2. The average Bonchev–Trinajstić information content (AvgIpc) is 2.18. The number of aliphatic imine (C=N–C) groups is 1. The van der Waals surface area contributed by atoms with Crippen molar-refractivity contribution >= 4 is 11.8 Å². The second-order valence-electron chi connectivity index (χ2n) is 2.44. The van der Waals surface area contributed by atoms with Gasteiger partial charge in [0.1, 0.15) is 5.84 Å². The molecule has 0 rings (SSSR count). The lowest BCUT2D eigenvalue weighted by molar-refractivity contribution is -0.138. The average molecular weight is 216 g/mol. The van der Waals surface area contributed by atoms with Crippen LogP contribution in [0.1, 0.15) is 13.8 Å². The molecule has 0 amide bonds. The van der Waals surface area contributed by atoms with E-state index in [1.54, 1.807) is 13.8 Å². The Hall–Kier alpha value is -1.72. The van der Waals surface area contributed by atoms with Gasteiger partial charge in [-0.15, -0.1) is 0 Å². The van der Waals surface area contributed by atoms with Crippen LogP contribution in [0.15, 0.2) is 16.5 Å². The first kappa shape index (κ1) is 13.3. The van der Waals surface area contributed by atoms with E-state index >= 15 is 0 Å². The lowest BCUT2D eigenvalue weighted by Gasteiger charge is -2.08. The molecule has 0 saturated heterocycles. The molecule has 6 heteroatoms. The summed E-state index contributed by atoms with van der Waals surface area (Å²) in [6.45, 7) is 3.70. The summed E-state index contributed by atoms with van der Waals surface area (Å²) in [6.07, 6.45) is 0. The first-order valence-corrected chi connectivity index (χ1v) is 4.54. The van der Waals surface area contributed by atoms with Gasteiger partial charge in [-0.05, 0) is 13.8 Å². The molecule has 0 saturated carbocycles. The quantitative estimate of drug-likeness (QED) is 0.227. The number of rotatable bonds is 5. The molecule has 0 heterocycles. The smallest absolute Gasteiger partial charge is 0.349 e. The van der Waals surface area contributed by atoms with Crippen molar-refractivity contribution in [2.45, 2.75) is 13.8 Å². The maximum Gasteiger partial charge on any atom is 0.349 e. The van der Waals surface area contributed by atoms with Gasteiger partial charge < -0.3 is 20.3 Å². The fourth-order valence-electron chi connectivity index (χ4n) is 0.825. The van der Waals surface area contributed by atoms with Crippen LogP contribution in [-0.4, -0.2) is 37.2 Å². The van der Waals surface area contributed by atoms with Gasteiger partial charge in [0.25, 0.3) is 5.95 Å². The fourth-order valence-corrected chi connectivity index (χ4v) is 0.825. The number of carbonyl (C=O) groups excluding carboxylic acids is 1. The first-order chi connectivity index (χ1) is 7.08. The van der Waals surface area contributed by atoms with E-state index in [1.165, 1.54) is 7.05 Å². The van der Waals surface area contributed by atoms with E-state index in [-0.39, 0.29) is 24.6 Å². The summed E-state index contributed by atoms with van der Waals surface area (Å²) in [5.74, 6) is -1.45. The molecule has 0 aromatic heterocycles. The highest BCUT2D eigenvalue weighted by Crippen LogP contribution is 2.06. The zero-order valence-electron chi connectivity index (χ0n) is 9.11. The van der Waals surface area contributed by atoms with E-state index in [1.807, 2.05) is 0 Å². The van der Waals surface area contributed by atoms with Crippen molar-refractivity contribution in [1.82, 2.24) is 0 Å². The second kappa shape index (κ2) is 6.69. The van der Waals surface area contributed by atoms with Crippen molar-refractivity contribution in [2.24, 2.45) is 10.7 Å². The summed E-state index contributed by atoms with van der Waals surface area (Å²) in [4.78, 5) is 15.0. The van der Waals surface area contributed by atoms with Crippen molar-refractivity contribution in [3.63, 3.8) is 0 Å². The van der Waals surface area contributed by atoms with E-state index in [2.05, 4.69) is 4.99 Å². The van der Waals surface area contributed by atoms with Crippen LogP contribution in [0.5, 0.6) is 0 Å². The number of hydrogen-bond acceptors (Lipinski definition) is 5. The fraction of sp³-hybridized carbons (Fsp3) is 0.556. The molecular weight excluding hydrogens is 200 g/mol. The Morgan fingerprint density at radius 2 is 1.87 bits per heavy atom. The Balaban J connectivity index is 5.05. The van der Waals surface area contributed by atoms with Crippen molar-refractivity contribution < 1.29 is 19.4 Å². The normalized spacial score (nSPS) is 13.1. The minimum atomic E-state index is -0.758. The minimum Gasteiger partial charge on any atom is -0.480 e. The van der Waals surface area contributed by atoms with Crippen molar-refractivity contribution in [1.29, 1.82) is 0 Å². The third-order valence-electron chi connectivity index (χ3n) is 1.47. The first-order valence-electron chi connectivity index (χ1n) is 4.54. The van der Waals surface area contributed by atoms with Crippen LogP contribution < -0.4 is 5.73 Å². The van der Waals surface area contributed by atoms with Gasteiger partial charge in [-0.1, -0.05) is 0 Å². The molecule has 6 nitrogen and oxygen atoms in total. The Bertz CT molecular complexity index is 284. The van der Waals surface area contributed by atoms with Crippen LogP contribution in [0, 0.1) is 0 Å². The summed E-state index contributed by atoms with van der Waals surface area (Å²) in [5.41, 5.74) is 5.18. The van der Waals surface area contributed by atoms with Crippen LogP contribution >= 0.6 is 0 Å². The molecule has 0 aromatic carbocycles. The number of nitrogens with two attached hydrogens (primary N) is 1. The Labute approximate surface area is 88.4 Å². The second-order valence-corrected chi connectivity index (χ2v) is 2.44. The van der Waals surface area contributed by atoms with Gasteiger partial charge in [0, 0.05) is 7.05 Å². The predicted octanol–water partition coefficient (Wildman–Crippen LogP) is 0.343. The largest absolute Gasteiger partial charge is 0.480 e. The molecule has 86 valence electrons. The minimum absolute atomic E-state index is 0.126. The van der Waals surface area contributed by atoms with Crippen LogP contribution in [0.25, 0.3) is 0 Å². The third kappa shape index (κ3) is 3.88. The number of aliphatic hydroxyl groups excluding tert-OH is 1. The number of ether oxygens (including phenoxy) is 2. The number of esters is 1. The van der Waals surface area contributed by atoms with Gasteiger partial charge >= 0.3 is 5.97 Å². The van der Waals surface area contributed by atoms with Gasteiger partial charge in [0.2, 0.25) is 0 Å². The van der Waals surface area contributed by atoms with Gasteiger partial charge in [-0.2, -0.15) is 0 Å². The van der Waals surface area contributed by atoms with Crippen LogP contribution in [0.4, 0.5) is 0 Å². The van der Waals surface area contributed by atoms with E-state index in [0.29, 0.717) is 0 Å². The maximum atomic E-state index is 11.4. The monoisotopic (exact) mass is 216 g/mol. The Kier molecular flexibility index (Phi) is 5.92. The molecule has 0 fully saturated rings. The zero-order valence-corrected chi connectivity index (χ0v) is 9.11. The number of nitrogens with zero attached hydrogens (tertiary/aromatic N) is 1. The van der Waals surface area contributed by atoms with E-state index in [0.717, 1.165) is 0 Å². The highest BCUT2D eigenvalue weighted by atomic mass is 16.6. The van der Waals surface area contributed by atoms with Crippen LogP contribution in [-0.2, 0) is 14.3 Å². The van der Waals surface area contributed by atoms with Gasteiger partial charge in [0.15, 0.2) is 5.57 Å². The number of carbonyl (C=O) groups is 1. The molecular formula is C9H16N2O4. The summed E-state index contributed by atoms with van der Waals surface area (Å²) < 4.78 is 9.46. The van der Waals surface area contributed by atoms with Crippen molar-refractivity contribution in [3.05, 3.63) is 11.5 Å². The number of aliphatic hydroxyl groups is 1. The SMILES string of the molecule is CCOC(=O)/C(C(N)=NC)=C(\O)OCC. The van der Waals surface area contributed by atoms with Gasteiger partial charge in [-0.3, -0.25) is 4.99 Å². The van der Waals surface area contributed by atoms with Crippen molar-refractivity contribution in [2.75, 3.05) is 20.3 Å². The Morgan fingerprint density at radius 3 is 2.27 bits per heavy atom. The molecule has 0 aromatic rings. The number of hydrogen-bond donors (Lipinski definition) is 2. The van der Waals surface area contributed by atoms with E-state index in [9.17, 15) is 9.90 Å². The molecule has 15 heavy (non-hydrogen) atoms. The molecule has 0 spiro atoms. The molecule has 0 aliphatic heterocycles. The Morgan fingerprint density at radius 1 is 1.33 bits per heavy atom. The zero-order chi connectivity index (χ0) is 11.8. The highest BCUT2D eigenvalue weighted by Gasteiger charge is 2.21. The van der Waals surface area contributed by atoms with E-state index < -0.39 is 11.9 Å². The topological polar surface area (TPSA) is 94.1 Å². The third-order valence-corrected chi connectivity index (χ3v) is 1.47. The summed E-state index contributed by atoms with van der Waals surface area (Å²) in [6, 6.07) is 0. The maximum absolute atomic E-state index is 11.4. The standard InChI is InChI=1S/C9H16N2O4/c1-4-14-8(12)6(7(10)11-3)9(13)15-5-2/h12H,4-5H2,1-3H3,(H2,10,11)/b8-6+. The molecule has 0 radical (unpaired) electrons. The summed E-state index contributed by atoms with van der Waals surface area (Å²) in [7, 11) is 1.40. The van der Waals surface area contributed by atoms with Gasteiger partial charge in [0.05, 0.1) is 13.2 Å². The molecule has 0 aliphatic carbocycles. The molecule has 0 unspecified atom stereocenters. The number of amidine groups is 1. The molecule has 3 N–H and O–H groups in total. The molecule has 0 aliphatic rings. The lowest BCUT2D eigenvalue weighted by Crippen LogP contribution is -2.25. The predicted molar refractivity (Wildman–Crippen MR) is 55.5 cm³/mol.